The van der Waals surface area contributed by atoms with E-state index in [1.165, 1.54) is 12.1 Å². The molecule has 23 heavy (non-hydrogen) atoms. The van der Waals surface area contributed by atoms with Crippen LogP contribution in [-0.4, -0.2) is 43.3 Å². The van der Waals surface area contributed by atoms with Crippen molar-refractivity contribution in [3.8, 4) is 5.75 Å². The second kappa shape index (κ2) is 7.61. The van der Waals surface area contributed by atoms with Crippen LogP contribution in [0.4, 0.5) is 4.39 Å². The molecule has 0 atom stereocenters. The first-order chi connectivity index (χ1) is 10.9. The third-order valence-corrected chi connectivity index (χ3v) is 4.08. The predicted molar refractivity (Wildman–Crippen MR) is 80.0 cm³/mol. The van der Waals surface area contributed by atoms with Crippen molar-refractivity contribution in [2.45, 2.75) is 12.8 Å². The molecule has 1 fully saturated rings. The molecule has 1 saturated heterocycles. The number of carboxylic acid groups (broad SMARTS) is 1. The molecule has 1 aromatic rings. The Labute approximate surface area is 137 Å². The second-order valence-electron chi connectivity index (χ2n) is 5.34. The van der Waals surface area contributed by atoms with Crippen LogP contribution < -0.4 is 10.1 Å². The molecule has 1 amide bonds. The van der Waals surface area contributed by atoms with Gasteiger partial charge in [0.25, 0.3) is 5.91 Å². The largest absolute Gasteiger partial charge is 0.484 e. The number of aliphatic carboxylic acids is 1. The molecule has 6 nitrogen and oxygen atoms in total. The molecule has 1 aliphatic heterocycles. The van der Waals surface area contributed by atoms with Crippen LogP contribution in [0.25, 0.3) is 0 Å². The summed E-state index contributed by atoms with van der Waals surface area (Å²) >= 11 is 5.61. The first-order valence-electron chi connectivity index (χ1n) is 7.09. The van der Waals surface area contributed by atoms with Gasteiger partial charge < -0.3 is 19.9 Å². The maximum Gasteiger partial charge on any atom is 0.311 e. The average Bonchev–Trinajstić information content (AvgIpc) is 2.54. The highest BCUT2D eigenvalue weighted by Crippen LogP contribution is 2.30. The molecule has 2 rings (SSSR count). The molecule has 0 spiro atoms. The normalized spacial score (nSPS) is 16.6. The van der Waals surface area contributed by atoms with Crippen LogP contribution in [0.15, 0.2) is 18.2 Å². The zero-order valence-electron chi connectivity index (χ0n) is 12.3. The lowest BCUT2D eigenvalue weighted by molar-refractivity contribution is -0.154. The maximum atomic E-state index is 13.0. The lowest BCUT2D eigenvalue weighted by atomic mass is 9.80. The Morgan fingerprint density at radius 2 is 2.09 bits per heavy atom. The first kappa shape index (κ1) is 17.5. The highest BCUT2D eigenvalue weighted by atomic mass is 35.5. The number of halogens is 2. The van der Waals surface area contributed by atoms with Crippen molar-refractivity contribution < 1.29 is 28.6 Å². The molecule has 1 aromatic carbocycles. The van der Waals surface area contributed by atoms with Gasteiger partial charge in [0.2, 0.25) is 0 Å². The van der Waals surface area contributed by atoms with E-state index in [4.69, 9.17) is 21.1 Å². The molecule has 0 aromatic heterocycles. The van der Waals surface area contributed by atoms with Crippen LogP contribution in [0.3, 0.4) is 0 Å². The van der Waals surface area contributed by atoms with E-state index in [9.17, 15) is 19.1 Å². The molecule has 1 aliphatic rings. The molecule has 126 valence electrons. The standard InChI is InChI=1S/C15H17ClFNO5/c16-11-7-10(1-2-12(11)17)23-8-13(19)18-9-15(14(20)21)3-5-22-6-4-15/h1-2,7H,3-6,8-9H2,(H,18,19)(H,20,21). The van der Waals surface area contributed by atoms with E-state index in [2.05, 4.69) is 5.32 Å². The van der Waals surface area contributed by atoms with Gasteiger partial charge in [-0.25, -0.2) is 4.39 Å². The molecule has 2 N–H and O–H groups in total. The zero-order valence-corrected chi connectivity index (χ0v) is 13.1. The quantitative estimate of drug-likeness (QED) is 0.822. The number of amides is 1. The van der Waals surface area contributed by atoms with Crippen molar-refractivity contribution in [2.75, 3.05) is 26.4 Å². The first-order valence-corrected chi connectivity index (χ1v) is 7.46. The highest BCUT2D eigenvalue weighted by Gasteiger charge is 2.40. The Balaban J connectivity index is 1.84. The molecule has 0 bridgehead atoms. The Kier molecular flexibility index (Phi) is 5.79. The Bertz CT molecular complexity index is 589. The van der Waals surface area contributed by atoms with Gasteiger partial charge in [-0.3, -0.25) is 9.59 Å². The number of ether oxygens (including phenoxy) is 2. The van der Waals surface area contributed by atoms with Crippen molar-refractivity contribution in [3.05, 3.63) is 29.0 Å². The minimum atomic E-state index is -1.01. The number of nitrogens with one attached hydrogen (secondary N) is 1. The molecular weight excluding hydrogens is 329 g/mol. The number of hydrogen-bond donors (Lipinski definition) is 2. The smallest absolute Gasteiger partial charge is 0.311 e. The van der Waals surface area contributed by atoms with Crippen LogP contribution in [0.1, 0.15) is 12.8 Å². The number of carbonyl (C=O) groups excluding carboxylic acids is 1. The summed E-state index contributed by atoms with van der Waals surface area (Å²) in [5, 5.41) is 11.8. The van der Waals surface area contributed by atoms with Gasteiger partial charge in [0.05, 0.1) is 10.4 Å². The van der Waals surface area contributed by atoms with Crippen LogP contribution in [0, 0.1) is 11.2 Å². The van der Waals surface area contributed by atoms with Gasteiger partial charge >= 0.3 is 5.97 Å². The molecule has 8 heteroatoms. The van der Waals surface area contributed by atoms with Crippen LogP contribution in [-0.2, 0) is 14.3 Å². The van der Waals surface area contributed by atoms with E-state index in [1.807, 2.05) is 0 Å². The fourth-order valence-corrected chi connectivity index (χ4v) is 2.43. The Hall–Kier alpha value is -1.86. The van der Waals surface area contributed by atoms with Crippen molar-refractivity contribution in [1.29, 1.82) is 0 Å². The molecule has 1 heterocycles. The van der Waals surface area contributed by atoms with Crippen LogP contribution >= 0.6 is 11.6 Å². The van der Waals surface area contributed by atoms with Gasteiger partial charge in [-0.2, -0.15) is 0 Å². The number of rotatable bonds is 6. The fourth-order valence-electron chi connectivity index (χ4n) is 2.26. The molecule has 0 unspecified atom stereocenters. The topological polar surface area (TPSA) is 84.9 Å². The molecule has 0 radical (unpaired) electrons. The number of carbonyl (C=O) groups is 2. The number of hydrogen-bond acceptors (Lipinski definition) is 4. The van der Waals surface area contributed by atoms with E-state index in [0.717, 1.165) is 6.07 Å². The number of benzene rings is 1. The maximum absolute atomic E-state index is 13.0. The van der Waals surface area contributed by atoms with Gasteiger partial charge in [0, 0.05) is 25.8 Å². The van der Waals surface area contributed by atoms with Gasteiger partial charge in [-0.1, -0.05) is 11.6 Å². The van der Waals surface area contributed by atoms with Gasteiger partial charge in [0.1, 0.15) is 11.6 Å². The predicted octanol–water partition coefficient (Wildman–Crippen LogP) is 1.86. The molecule has 0 aliphatic carbocycles. The SMILES string of the molecule is O=C(COc1ccc(F)c(Cl)c1)NCC1(C(=O)O)CCOCC1. The summed E-state index contributed by atoms with van der Waals surface area (Å²) in [5.74, 6) is -1.73. The monoisotopic (exact) mass is 345 g/mol. The summed E-state index contributed by atoms with van der Waals surface area (Å²) < 4.78 is 23.4. The Morgan fingerprint density at radius 3 is 2.70 bits per heavy atom. The van der Waals surface area contributed by atoms with Crippen molar-refractivity contribution in [3.63, 3.8) is 0 Å². The zero-order chi connectivity index (χ0) is 16.9. The van der Waals surface area contributed by atoms with Crippen molar-refractivity contribution in [2.24, 2.45) is 5.41 Å². The van der Waals surface area contributed by atoms with Crippen molar-refractivity contribution >= 4 is 23.5 Å². The Morgan fingerprint density at radius 1 is 1.39 bits per heavy atom. The van der Waals surface area contributed by atoms with Gasteiger partial charge in [-0.15, -0.1) is 0 Å². The van der Waals surface area contributed by atoms with E-state index in [1.54, 1.807) is 0 Å². The lowest BCUT2D eigenvalue weighted by Crippen LogP contribution is -2.47. The summed E-state index contributed by atoms with van der Waals surface area (Å²) in [6.07, 6.45) is 0.689. The highest BCUT2D eigenvalue weighted by molar-refractivity contribution is 6.30. The fraction of sp³-hybridized carbons (Fsp3) is 0.467. The van der Waals surface area contributed by atoms with E-state index < -0.39 is 23.1 Å². The molecular formula is C15H17ClFNO5. The third-order valence-electron chi connectivity index (χ3n) is 3.79. The summed E-state index contributed by atoms with van der Waals surface area (Å²) in [5.41, 5.74) is -1.01. The van der Waals surface area contributed by atoms with Gasteiger partial charge in [0.15, 0.2) is 6.61 Å². The minimum absolute atomic E-state index is 0.0120. The summed E-state index contributed by atoms with van der Waals surface area (Å²) in [4.78, 5) is 23.3. The summed E-state index contributed by atoms with van der Waals surface area (Å²) in [6.45, 7) is 0.408. The lowest BCUT2D eigenvalue weighted by Gasteiger charge is -2.33. The summed E-state index contributed by atoms with van der Waals surface area (Å²) in [6, 6.07) is 3.75. The third kappa shape index (κ3) is 4.56. The summed E-state index contributed by atoms with van der Waals surface area (Å²) in [7, 11) is 0. The van der Waals surface area contributed by atoms with Crippen LogP contribution in [0.2, 0.25) is 5.02 Å². The van der Waals surface area contributed by atoms with Crippen molar-refractivity contribution in [1.82, 2.24) is 5.32 Å². The van der Waals surface area contributed by atoms with Gasteiger partial charge in [-0.05, 0) is 25.0 Å². The second-order valence-corrected chi connectivity index (χ2v) is 5.75. The van der Waals surface area contributed by atoms with E-state index in [0.29, 0.717) is 26.1 Å². The van der Waals surface area contributed by atoms with E-state index >= 15 is 0 Å². The van der Waals surface area contributed by atoms with Crippen LogP contribution in [0.5, 0.6) is 5.75 Å². The minimum Gasteiger partial charge on any atom is -0.484 e. The average molecular weight is 346 g/mol. The number of carboxylic acids is 1. The van der Waals surface area contributed by atoms with E-state index in [-0.39, 0.29) is 23.9 Å². The molecule has 0 saturated carbocycles.